The smallest absolute Gasteiger partial charge is 0.248 e. The molecule has 3 aromatic rings. The molecule has 24 heavy (non-hydrogen) atoms. The minimum absolute atomic E-state index is 0.210. The molecular formula is C18H15Cl2N3O. The fraction of sp³-hybridized carbons (Fsp3) is 0.111. The van der Waals surface area contributed by atoms with E-state index in [1.165, 1.54) is 6.08 Å². The van der Waals surface area contributed by atoms with Crippen LogP contribution in [0.4, 0.5) is 5.69 Å². The molecule has 0 fully saturated rings. The molecule has 0 spiro atoms. The van der Waals surface area contributed by atoms with E-state index in [0.29, 0.717) is 15.7 Å². The molecule has 0 aliphatic heterocycles. The molecule has 3 rings (SSSR count). The Balaban J connectivity index is 1.95. The van der Waals surface area contributed by atoms with Crippen LogP contribution < -0.4 is 5.32 Å². The van der Waals surface area contributed by atoms with Gasteiger partial charge in [-0.3, -0.25) is 4.79 Å². The van der Waals surface area contributed by atoms with Gasteiger partial charge >= 0.3 is 0 Å². The number of rotatable bonds is 4. The molecule has 1 amide bonds. The fourth-order valence-electron chi connectivity index (χ4n) is 2.33. The lowest BCUT2D eigenvalue weighted by atomic mass is 10.1. The number of aromatic nitrogens is 2. The van der Waals surface area contributed by atoms with E-state index >= 15 is 0 Å². The monoisotopic (exact) mass is 359 g/mol. The van der Waals surface area contributed by atoms with Crippen molar-refractivity contribution in [3.05, 3.63) is 58.9 Å². The highest BCUT2D eigenvalue weighted by atomic mass is 35.5. The maximum atomic E-state index is 11.9. The van der Waals surface area contributed by atoms with E-state index in [1.54, 1.807) is 24.5 Å². The molecule has 0 radical (unpaired) electrons. The molecule has 0 aliphatic carbocycles. The highest BCUT2D eigenvalue weighted by molar-refractivity contribution is 6.35. The number of amides is 1. The predicted octanol–water partition coefficient (Wildman–Crippen LogP) is 5.44. The zero-order chi connectivity index (χ0) is 17.1. The number of fused-ring (bicyclic) bond motifs is 1. The first-order valence-electron chi connectivity index (χ1n) is 7.48. The predicted molar refractivity (Wildman–Crippen MR) is 99.6 cm³/mol. The second-order valence-electron chi connectivity index (χ2n) is 5.25. The van der Waals surface area contributed by atoms with Gasteiger partial charge in [0, 0.05) is 23.3 Å². The van der Waals surface area contributed by atoms with E-state index in [9.17, 15) is 4.79 Å². The first kappa shape index (κ1) is 16.6. The number of halogens is 2. The van der Waals surface area contributed by atoms with Crippen LogP contribution in [0.15, 0.2) is 48.8 Å². The number of carbonyl (C=O) groups is 1. The lowest BCUT2D eigenvalue weighted by molar-refractivity contribution is -0.111. The highest BCUT2D eigenvalue weighted by Gasteiger charge is 2.09. The molecule has 0 aliphatic rings. The first-order chi connectivity index (χ1) is 11.6. The summed E-state index contributed by atoms with van der Waals surface area (Å²) in [7, 11) is 0. The number of allylic oxidation sites excluding steroid dienone is 1. The van der Waals surface area contributed by atoms with Gasteiger partial charge in [-0.05, 0) is 36.3 Å². The summed E-state index contributed by atoms with van der Waals surface area (Å²) >= 11 is 12.3. The Morgan fingerprint density at radius 1 is 1.25 bits per heavy atom. The average molecular weight is 360 g/mol. The Morgan fingerprint density at radius 2 is 2.08 bits per heavy atom. The van der Waals surface area contributed by atoms with E-state index in [-0.39, 0.29) is 5.91 Å². The normalized spacial score (nSPS) is 11.3. The Bertz CT molecular complexity index is 931. The zero-order valence-corrected chi connectivity index (χ0v) is 14.4. The summed E-state index contributed by atoms with van der Waals surface area (Å²) in [5.41, 5.74) is 3.07. The minimum Gasteiger partial charge on any atom is -0.345 e. The molecule has 6 heteroatoms. The lowest BCUT2D eigenvalue weighted by Crippen LogP contribution is -2.08. The number of anilines is 1. The van der Waals surface area contributed by atoms with Gasteiger partial charge in [0.25, 0.3) is 0 Å². The molecule has 2 N–H and O–H groups in total. The van der Waals surface area contributed by atoms with Gasteiger partial charge < -0.3 is 10.3 Å². The largest absolute Gasteiger partial charge is 0.345 e. The van der Waals surface area contributed by atoms with Crippen molar-refractivity contribution in [3.8, 4) is 11.1 Å². The zero-order valence-electron chi connectivity index (χ0n) is 12.9. The van der Waals surface area contributed by atoms with Crippen molar-refractivity contribution in [2.75, 3.05) is 5.32 Å². The van der Waals surface area contributed by atoms with E-state index in [4.69, 9.17) is 23.2 Å². The van der Waals surface area contributed by atoms with Crippen molar-refractivity contribution in [3.63, 3.8) is 0 Å². The molecule has 0 bridgehead atoms. The second-order valence-corrected chi connectivity index (χ2v) is 6.07. The van der Waals surface area contributed by atoms with Crippen LogP contribution in [-0.4, -0.2) is 15.9 Å². The van der Waals surface area contributed by atoms with Gasteiger partial charge in [0.2, 0.25) is 5.91 Å². The maximum absolute atomic E-state index is 11.9. The summed E-state index contributed by atoms with van der Waals surface area (Å²) in [4.78, 5) is 19.2. The quantitative estimate of drug-likeness (QED) is 0.609. The molecule has 2 aromatic heterocycles. The summed E-state index contributed by atoms with van der Waals surface area (Å²) in [6.45, 7) is 1.96. The number of carbonyl (C=O) groups excluding carboxylic acids is 1. The number of nitrogens with one attached hydrogen (secondary N) is 2. The van der Waals surface area contributed by atoms with Gasteiger partial charge in [0.15, 0.2) is 0 Å². The number of H-pyrrole nitrogens is 1. The van der Waals surface area contributed by atoms with Crippen LogP contribution in [0.1, 0.15) is 13.3 Å². The Labute approximate surface area is 149 Å². The summed E-state index contributed by atoms with van der Waals surface area (Å²) < 4.78 is 0. The number of benzene rings is 1. The van der Waals surface area contributed by atoms with Crippen LogP contribution in [0.5, 0.6) is 0 Å². The van der Waals surface area contributed by atoms with Gasteiger partial charge in [-0.15, -0.1) is 0 Å². The van der Waals surface area contributed by atoms with Gasteiger partial charge in [-0.25, -0.2) is 4.98 Å². The fourth-order valence-corrected chi connectivity index (χ4v) is 2.69. The number of hydrogen-bond donors (Lipinski definition) is 2. The van der Waals surface area contributed by atoms with Gasteiger partial charge in [-0.1, -0.05) is 42.3 Å². The van der Waals surface area contributed by atoms with E-state index in [2.05, 4.69) is 15.3 Å². The average Bonchev–Trinajstić information content (AvgIpc) is 2.95. The van der Waals surface area contributed by atoms with Crippen molar-refractivity contribution in [1.82, 2.24) is 9.97 Å². The van der Waals surface area contributed by atoms with Crippen LogP contribution in [-0.2, 0) is 4.79 Å². The van der Waals surface area contributed by atoms with Crippen molar-refractivity contribution in [2.45, 2.75) is 13.3 Å². The van der Waals surface area contributed by atoms with Crippen molar-refractivity contribution < 1.29 is 4.79 Å². The second kappa shape index (κ2) is 7.07. The maximum Gasteiger partial charge on any atom is 0.248 e. The van der Waals surface area contributed by atoms with Crippen LogP contribution >= 0.6 is 23.2 Å². The van der Waals surface area contributed by atoms with Crippen molar-refractivity contribution in [2.24, 2.45) is 0 Å². The summed E-state index contributed by atoms with van der Waals surface area (Å²) in [6, 6.07) is 7.40. The van der Waals surface area contributed by atoms with Gasteiger partial charge in [-0.2, -0.15) is 0 Å². The van der Waals surface area contributed by atoms with Crippen LogP contribution in [0, 0.1) is 0 Å². The summed E-state index contributed by atoms with van der Waals surface area (Å²) in [5.74, 6) is -0.210. The number of nitrogens with zero attached hydrogens (tertiary/aromatic N) is 1. The Hall–Kier alpha value is -2.30. The van der Waals surface area contributed by atoms with Gasteiger partial charge in [0.05, 0.1) is 15.7 Å². The van der Waals surface area contributed by atoms with Gasteiger partial charge in [0.1, 0.15) is 5.65 Å². The van der Waals surface area contributed by atoms with Crippen LogP contribution in [0.25, 0.3) is 22.2 Å². The van der Waals surface area contributed by atoms with E-state index in [1.807, 2.05) is 25.1 Å². The molecule has 4 nitrogen and oxygen atoms in total. The molecule has 122 valence electrons. The molecule has 1 aromatic carbocycles. The van der Waals surface area contributed by atoms with Crippen molar-refractivity contribution in [1.29, 1.82) is 0 Å². The topological polar surface area (TPSA) is 57.8 Å². The third-order valence-corrected chi connectivity index (χ3v) is 4.19. The highest BCUT2D eigenvalue weighted by Crippen LogP contribution is 2.31. The molecular weight excluding hydrogens is 345 g/mol. The molecule has 2 heterocycles. The molecule has 0 saturated carbocycles. The molecule has 0 atom stereocenters. The van der Waals surface area contributed by atoms with E-state index < -0.39 is 0 Å². The number of aromatic amines is 1. The molecule has 0 unspecified atom stereocenters. The third kappa shape index (κ3) is 3.45. The third-order valence-electron chi connectivity index (χ3n) is 3.54. The Morgan fingerprint density at radius 3 is 2.88 bits per heavy atom. The summed E-state index contributed by atoms with van der Waals surface area (Å²) in [6.07, 6.45) is 7.54. The molecule has 0 saturated heterocycles. The van der Waals surface area contributed by atoms with Crippen LogP contribution in [0.2, 0.25) is 10.0 Å². The minimum atomic E-state index is -0.210. The van der Waals surface area contributed by atoms with E-state index in [0.717, 1.165) is 28.6 Å². The Kier molecular flexibility index (Phi) is 4.88. The number of pyridine rings is 1. The van der Waals surface area contributed by atoms with Crippen molar-refractivity contribution >= 4 is 45.8 Å². The SMILES string of the molecule is CCC=CC(=O)Nc1cc(-c2cnc3[nH]cc(Cl)c3c2)ccc1Cl. The summed E-state index contributed by atoms with van der Waals surface area (Å²) in [5, 5.41) is 4.73. The first-order valence-corrected chi connectivity index (χ1v) is 8.24. The standard InChI is InChI=1S/C18H15Cl2N3O/c1-2-3-4-17(24)23-16-8-11(5-6-14(16)19)12-7-13-15(20)10-22-18(13)21-9-12/h3-10H,2H2,1H3,(H,21,22)(H,23,24). The lowest BCUT2D eigenvalue weighted by Gasteiger charge is -2.08. The number of hydrogen-bond acceptors (Lipinski definition) is 2. The van der Waals surface area contributed by atoms with Crippen LogP contribution in [0.3, 0.4) is 0 Å².